The Kier molecular flexibility index (Phi) is 4.38. The van der Waals surface area contributed by atoms with Gasteiger partial charge in [0.2, 0.25) is 11.9 Å². The number of imide groups is 1. The summed E-state index contributed by atoms with van der Waals surface area (Å²) in [6.07, 6.45) is 0.790. The summed E-state index contributed by atoms with van der Waals surface area (Å²) in [6, 6.07) is -0.893. The average Bonchev–Trinajstić information content (AvgIpc) is 2.97. The lowest BCUT2D eigenvalue weighted by Gasteiger charge is -2.35. The fourth-order valence-corrected chi connectivity index (χ4v) is 3.38. The Bertz CT molecular complexity index is 708. The lowest BCUT2D eigenvalue weighted by molar-refractivity contribution is -0.559. The quantitative estimate of drug-likeness (QED) is 0.717. The van der Waals surface area contributed by atoms with Gasteiger partial charge in [-0.05, 0) is 33.1 Å². The van der Waals surface area contributed by atoms with Crippen LogP contribution in [0.5, 0.6) is 0 Å². The third kappa shape index (κ3) is 2.63. The standard InChI is InChI=1S/C17H27N6O2/c1-7-22-16-18-14-13(23(16)12(5)11(4)19-22)15(24)21(9-8-10(2)3)17(25)20(14)6/h10,12-13H,7-9H2,1-6H3/q+1. The van der Waals surface area contributed by atoms with E-state index in [1.165, 1.54) is 9.80 Å². The minimum atomic E-state index is -0.556. The Labute approximate surface area is 148 Å². The van der Waals surface area contributed by atoms with E-state index in [1.807, 2.05) is 25.3 Å². The number of carbonyl (C=O) groups excluding carboxylic acids is 2. The molecule has 0 saturated carbocycles. The summed E-state index contributed by atoms with van der Waals surface area (Å²) in [4.78, 5) is 33.3. The molecule has 0 aromatic heterocycles. The molecule has 0 N–H and O–H groups in total. The molecule has 8 nitrogen and oxygen atoms in total. The second-order valence-electron chi connectivity index (χ2n) is 7.23. The van der Waals surface area contributed by atoms with E-state index in [4.69, 9.17) is 0 Å². The predicted molar refractivity (Wildman–Crippen MR) is 95.8 cm³/mol. The smallest absolute Gasteiger partial charge is 0.270 e. The number of hydrogen-bond acceptors (Lipinski definition) is 5. The molecule has 25 heavy (non-hydrogen) atoms. The van der Waals surface area contributed by atoms with Crippen LogP contribution < -0.4 is 0 Å². The molecule has 0 radical (unpaired) electrons. The van der Waals surface area contributed by atoms with Crippen molar-refractivity contribution in [2.75, 3.05) is 20.1 Å². The lowest BCUT2D eigenvalue weighted by Crippen LogP contribution is -2.64. The summed E-state index contributed by atoms with van der Waals surface area (Å²) in [5, 5.41) is 6.36. The van der Waals surface area contributed by atoms with Crippen molar-refractivity contribution in [2.24, 2.45) is 16.0 Å². The number of nitrogens with zero attached hydrogens (tertiary/aromatic N) is 6. The second-order valence-corrected chi connectivity index (χ2v) is 7.23. The third-order valence-electron chi connectivity index (χ3n) is 5.09. The maximum atomic E-state index is 13.2. The first-order chi connectivity index (χ1) is 11.8. The monoisotopic (exact) mass is 347 g/mol. The second kappa shape index (κ2) is 6.24. The zero-order valence-corrected chi connectivity index (χ0v) is 15.9. The summed E-state index contributed by atoms with van der Waals surface area (Å²) in [6.45, 7) is 11.2. The van der Waals surface area contributed by atoms with Gasteiger partial charge >= 0.3 is 12.0 Å². The molecule has 0 aliphatic carbocycles. The Balaban J connectivity index is 2.00. The van der Waals surface area contributed by atoms with Gasteiger partial charge in [0.25, 0.3) is 5.91 Å². The van der Waals surface area contributed by atoms with E-state index in [1.54, 1.807) is 12.1 Å². The number of carbonyl (C=O) groups is 2. The molecule has 3 aliphatic heterocycles. The number of amides is 3. The van der Waals surface area contributed by atoms with Gasteiger partial charge in [0.05, 0.1) is 12.3 Å². The van der Waals surface area contributed by atoms with Crippen molar-refractivity contribution in [1.29, 1.82) is 0 Å². The molecule has 2 unspecified atom stereocenters. The summed E-state index contributed by atoms with van der Waals surface area (Å²) < 4.78 is 1.99. The van der Waals surface area contributed by atoms with E-state index in [2.05, 4.69) is 23.9 Å². The molecule has 1 fully saturated rings. The summed E-state index contributed by atoms with van der Waals surface area (Å²) >= 11 is 0. The van der Waals surface area contributed by atoms with Crippen LogP contribution in [0.4, 0.5) is 4.79 Å². The highest BCUT2D eigenvalue weighted by Crippen LogP contribution is 2.25. The van der Waals surface area contributed by atoms with Crippen LogP contribution in [-0.2, 0) is 4.79 Å². The van der Waals surface area contributed by atoms with Crippen LogP contribution in [0.3, 0.4) is 0 Å². The number of rotatable bonds is 4. The molecule has 3 heterocycles. The third-order valence-corrected chi connectivity index (χ3v) is 5.09. The summed E-state index contributed by atoms with van der Waals surface area (Å²) in [7, 11) is 1.69. The first kappa shape index (κ1) is 17.6. The zero-order valence-electron chi connectivity index (χ0n) is 15.9. The van der Waals surface area contributed by atoms with Gasteiger partial charge in [-0.1, -0.05) is 18.8 Å². The van der Waals surface area contributed by atoms with Crippen LogP contribution in [0.1, 0.15) is 41.0 Å². The van der Waals surface area contributed by atoms with Crippen LogP contribution in [0.2, 0.25) is 0 Å². The average molecular weight is 347 g/mol. The van der Waals surface area contributed by atoms with Crippen molar-refractivity contribution in [2.45, 2.75) is 53.1 Å². The SMILES string of the molecule is CCN1N=C(C)C(C)[N+]2=C1N=C1C2C(=O)N(CCC(C)C)C(=O)N1C. The van der Waals surface area contributed by atoms with E-state index in [0.29, 0.717) is 30.8 Å². The number of likely N-dealkylation sites (N-methyl/N-ethyl adjacent to an activating group) is 1. The Morgan fingerprint density at radius 2 is 1.96 bits per heavy atom. The Morgan fingerprint density at radius 1 is 1.28 bits per heavy atom. The van der Waals surface area contributed by atoms with Crippen molar-refractivity contribution >= 4 is 29.4 Å². The summed E-state index contributed by atoms with van der Waals surface area (Å²) in [5.41, 5.74) is 0.933. The highest BCUT2D eigenvalue weighted by molar-refractivity contribution is 6.23. The van der Waals surface area contributed by atoms with Gasteiger partial charge in [0.1, 0.15) is 6.04 Å². The minimum absolute atomic E-state index is 0.0402. The fourth-order valence-electron chi connectivity index (χ4n) is 3.38. The molecule has 0 aromatic rings. The number of guanidine groups is 1. The van der Waals surface area contributed by atoms with Crippen molar-refractivity contribution in [3.63, 3.8) is 0 Å². The number of aliphatic imine (C=N–C) groups is 1. The van der Waals surface area contributed by atoms with Gasteiger partial charge in [-0.25, -0.2) is 9.37 Å². The maximum Gasteiger partial charge on any atom is 0.416 e. The Hall–Kier alpha value is -2.25. The number of amidine groups is 1. The van der Waals surface area contributed by atoms with Crippen molar-refractivity contribution in [3.8, 4) is 0 Å². The maximum absolute atomic E-state index is 13.2. The minimum Gasteiger partial charge on any atom is -0.270 e. The lowest BCUT2D eigenvalue weighted by atomic mass is 10.1. The molecule has 3 aliphatic rings. The van der Waals surface area contributed by atoms with Gasteiger partial charge in [0.15, 0.2) is 0 Å². The van der Waals surface area contributed by atoms with Gasteiger partial charge in [0, 0.05) is 13.6 Å². The van der Waals surface area contributed by atoms with Crippen molar-refractivity contribution in [1.82, 2.24) is 14.8 Å². The molecule has 3 rings (SSSR count). The zero-order chi connectivity index (χ0) is 18.5. The largest absolute Gasteiger partial charge is 0.416 e. The Morgan fingerprint density at radius 3 is 2.56 bits per heavy atom. The van der Waals surface area contributed by atoms with Gasteiger partial charge < -0.3 is 0 Å². The fraction of sp³-hybridized carbons (Fsp3) is 0.706. The molecule has 8 heteroatoms. The molecule has 2 atom stereocenters. The van der Waals surface area contributed by atoms with Crippen molar-refractivity contribution in [3.05, 3.63) is 0 Å². The highest BCUT2D eigenvalue weighted by atomic mass is 16.2. The normalized spacial score (nSPS) is 26.3. The van der Waals surface area contributed by atoms with Gasteiger partial charge in [-0.15, -0.1) is 10.1 Å². The molecule has 136 valence electrons. The summed E-state index contributed by atoms with van der Waals surface area (Å²) in [5.74, 6) is 1.39. The van der Waals surface area contributed by atoms with E-state index >= 15 is 0 Å². The molecule has 0 aromatic carbocycles. The molecule has 0 spiro atoms. The molecule has 1 saturated heterocycles. The first-order valence-corrected chi connectivity index (χ1v) is 8.93. The van der Waals surface area contributed by atoms with Gasteiger partial charge in [-0.2, -0.15) is 0 Å². The molecular formula is C17H27N6O2+. The topological polar surface area (TPSA) is 71.6 Å². The molecule has 3 amide bonds. The first-order valence-electron chi connectivity index (χ1n) is 8.93. The van der Waals surface area contributed by atoms with E-state index < -0.39 is 6.04 Å². The number of hydrazone groups is 1. The molecular weight excluding hydrogens is 320 g/mol. The van der Waals surface area contributed by atoms with Gasteiger partial charge in [-0.3, -0.25) is 14.6 Å². The number of hydrogen-bond donors (Lipinski definition) is 0. The number of urea groups is 1. The van der Waals surface area contributed by atoms with Crippen molar-refractivity contribution < 1.29 is 14.2 Å². The van der Waals surface area contributed by atoms with Crippen LogP contribution in [-0.4, -0.2) is 81.1 Å². The number of fused-ring (bicyclic) bond motifs is 2. The molecule has 0 bridgehead atoms. The van der Waals surface area contributed by atoms with Crippen LogP contribution in [0.25, 0.3) is 0 Å². The van der Waals surface area contributed by atoms with E-state index in [9.17, 15) is 9.59 Å². The van der Waals surface area contributed by atoms with Crippen LogP contribution >= 0.6 is 0 Å². The highest BCUT2D eigenvalue weighted by Gasteiger charge is 2.55. The predicted octanol–water partition coefficient (Wildman–Crippen LogP) is 1.18. The van der Waals surface area contributed by atoms with E-state index in [-0.39, 0.29) is 18.0 Å². The van der Waals surface area contributed by atoms with Crippen LogP contribution in [0, 0.1) is 5.92 Å². The van der Waals surface area contributed by atoms with E-state index in [0.717, 1.165) is 12.1 Å². The van der Waals surface area contributed by atoms with Crippen LogP contribution in [0.15, 0.2) is 10.1 Å².